The highest BCUT2D eigenvalue weighted by atomic mass is 32.1. The van der Waals surface area contributed by atoms with Gasteiger partial charge in [0.05, 0.1) is 17.7 Å². The summed E-state index contributed by atoms with van der Waals surface area (Å²) in [7, 11) is 0. The zero-order valence-electron chi connectivity index (χ0n) is 10.3. The molecule has 6 heteroatoms. The maximum Gasteiger partial charge on any atom is 0.171 e. The van der Waals surface area contributed by atoms with Crippen LogP contribution in [-0.2, 0) is 0 Å². The molecule has 0 atom stereocenters. The average Bonchev–Trinajstić information content (AvgIpc) is 2.31. The smallest absolute Gasteiger partial charge is 0.171 e. The van der Waals surface area contributed by atoms with E-state index in [4.69, 9.17) is 28.3 Å². The minimum Gasteiger partial charge on any atom is -0.398 e. The Morgan fingerprint density at radius 3 is 2.78 bits per heavy atom. The molecule has 0 aliphatic heterocycles. The van der Waals surface area contributed by atoms with Crippen LogP contribution in [-0.4, -0.2) is 22.4 Å². The van der Waals surface area contributed by atoms with E-state index in [0.717, 1.165) is 0 Å². The minimum absolute atomic E-state index is 0.0417. The summed E-state index contributed by atoms with van der Waals surface area (Å²) in [6.07, 6.45) is 0. The Bertz CT molecular complexity index is 493. The van der Waals surface area contributed by atoms with Crippen molar-refractivity contribution in [3.05, 3.63) is 23.8 Å². The van der Waals surface area contributed by atoms with E-state index in [1.54, 1.807) is 18.2 Å². The van der Waals surface area contributed by atoms with Gasteiger partial charge in [-0.1, -0.05) is 0 Å². The molecule has 0 bridgehead atoms. The van der Waals surface area contributed by atoms with Crippen molar-refractivity contribution in [1.29, 1.82) is 5.26 Å². The first-order valence-corrected chi connectivity index (χ1v) is 5.78. The Hall–Kier alpha value is -1.84. The fraction of sp³-hybridized carbons (Fsp3) is 0.333. The summed E-state index contributed by atoms with van der Waals surface area (Å²) in [5.74, 6) is 0. The molecule has 0 aliphatic carbocycles. The minimum atomic E-state index is -0.504. The number of nitriles is 1. The molecule has 0 heterocycles. The number of benzene rings is 1. The predicted molar refractivity (Wildman–Crippen MR) is 76.1 cm³/mol. The molecular formula is C12H16N4OS. The lowest BCUT2D eigenvalue weighted by atomic mass is 10.1. The van der Waals surface area contributed by atoms with Crippen molar-refractivity contribution in [3.8, 4) is 6.07 Å². The second-order valence-electron chi connectivity index (χ2n) is 4.53. The number of anilines is 2. The van der Waals surface area contributed by atoms with E-state index in [0.29, 0.717) is 22.1 Å². The molecule has 0 unspecified atom stereocenters. The molecule has 0 saturated heterocycles. The number of hydrogen-bond acceptors (Lipinski definition) is 4. The molecule has 0 saturated carbocycles. The Morgan fingerprint density at radius 2 is 2.22 bits per heavy atom. The van der Waals surface area contributed by atoms with E-state index < -0.39 is 5.54 Å². The van der Waals surface area contributed by atoms with Crippen molar-refractivity contribution in [2.45, 2.75) is 19.4 Å². The monoisotopic (exact) mass is 264 g/mol. The molecule has 18 heavy (non-hydrogen) atoms. The van der Waals surface area contributed by atoms with Gasteiger partial charge in [0, 0.05) is 11.4 Å². The molecule has 0 fully saturated rings. The lowest BCUT2D eigenvalue weighted by Gasteiger charge is -2.25. The van der Waals surface area contributed by atoms with Crippen LogP contribution in [0.5, 0.6) is 0 Å². The Balaban J connectivity index is 2.74. The van der Waals surface area contributed by atoms with Crippen molar-refractivity contribution in [1.82, 2.24) is 5.32 Å². The van der Waals surface area contributed by atoms with Crippen LogP contribution in [0, 0.1) is 11.3 Å². The molecule has 1 rings (SSSR count). The largest absolute Gasteiger partial charge is 0.398 e. The maximum absolute atomic E-state index is 9.12. The summed E-state index contributed by atoms with van der Waals surface area (Å²) < 4.78 is 0. The van der Waals surface area contributed by atoms with Gasteiger partial charge in [0.15, 0.2) is 5.11 Å². The van der Waals surface area contributed by atoms with E-state index in [1.807, 2.05) is 19.9 Å². The number of aliphatic hydroxyl groups is 1. The third-order valence-corrected chi connectivity index (χ3v) is 2.48. The number of rotatable bonds is 3. The lowest BCUT2D eigenvalue weighted by Crippen LogP contribution is -2.47. The highest BCUT2D eigenvalue weighted by molar-refractivity contribution is 7.80. The van der Waals surface area contributed by atoms with Gasteiger partial charge in [-0.05, 0) is 44.3 Å². The molecule has 0 aromatic heterocycles. The van der Waals surface area contributed by atoms with E-state index in [1.165, 1.54) is 0 Å². The van der Waals surface area contributed by atoms with Crippen LogP contribution in [0.3, 0.4) is 0 Å². The van der Waals surface area contributed by atoms with Gasteiger partial charge >= 0.3 is 0 Å². The lowest BCUT2D eigenvalue weighted by molar-refractivity contribution is 0.207. The van der Waals surface area contributed by atoms with Crippen LogP contribution in [0.15, 0.2) is 18.2 Å². The van der Waals surface area contributed by atoms with Crippen LogP contribution >= 0.6 is 12.2 Å². The molecular weight excluding hydrogens is 248 g/mol. The highest BCUT2D eigenvalue weighted by Gasteiger charge is 2.17. The number of nitrogens with one attached hydrogen (secondary N) is 2. The van der Waals surface area contributed by atoms with Gasteiger partial charge in [-0.15, -0.1) is 0 Å². The highest BCUT2D eigenvalue weighted by Crippen LogP contribution is 2.16. The van der Waals surface area contributed by atoms with Crippen molar-refractivity contribution in [2.24, 2.45) is 0 Å². The molecule has 0 radical (unpaired) electrons. The predicted octanol–water partition coefficient (Wildman–Crippen LogP) is 1.20. The van der Waals surface area contributed by atoms with Gasteiger partial charge in [0.25, 0.3) is 0 Å². The standard InChI is InChI=1S/C12H16N4OS/c1-12(2,7-17)16-11(18)15-9-3-4-10(14)8(5-9)6-13/h3-5,17H,7,14H2,1-2H3,(H2,15,16,18). The SMILES string of the molecule is CC(C)(CO)NC(=S)Nc1ccc(N)c(C#N)c1. The second kappa shape index (κ2) is 5.67. The third-order valence-electron chi connectivity index (χ3n) is 2.28. The van der Waals surface area contributed by atoms with Gasteiger partial charge in [-0.3, -0.25) is 0 Å². The van der Waals surface area contributed by atoms with Crippen LogP contribution in [0.25, 0.3) is 0 Å². The van der Waals surface area contributed by atoms with Crippen LogP contribution in [0.1, 0.15) is 19.4 Å². The van der Waals surface area contributed by atoms with E-state index in [9.17, 15) is 0 Å². The van der Waals surface area contributed by atoms with Crippen molar-refractivity contribution < 1.29 is 5.11 Å². The summed E-state index contributed by atoms with van der Waals surface area (Å²) in [5.41, 5.74) is 6.61. The van der Waals surface area contributed by atoms with Gasteiger partial charge in [-0.25, -0.2) is 0 Å². The first kappa shape index (κ1) is 14.2. The normalized spacial score (nSPS) is 10.6. The molecule has 0 aliphatic rings. The first-order chi connectivity index (χ1) is 8.38. The van der Waals surface area contributed by atoms with Crippen LogP contribution in [0.4, 0.5) is 11.4 Å². The van der Waals surface area contributed by atoms with Gasteiger partial charge in [0.2, 0.25) is 0 Å². The third kappa shape index (κ3) is 3.87. The van der Waals surface area contributed by atoms with Crippen molar-refractivity contribution in [2.75, 3.05) is 17.7 Å². The zero-order valence-corrected chi connectivity index (χ0v) is 11.1. The fourth-order valence-corrected chi connectivity index (χ4v) is 1.63. The molecule has 5 N–H and O–H groups in total. The van der Waals surface area contributed by atoms with Crippen molar-refractivity contribution in [3.63, 3.8) is 0 Å². The average molecular weight is 264 g/mol. The van der Waals surface area contributed by atoms with Gasteiger partial charge < -0.3 is 21.5 Å². The molecule has 5 nitrogen and oxygen atoms in total. The Morgan fingerprint density at radius 1 is 1.56 bits per heavy atom. The quantitative estimate of drug-likeness (QED) is 0.484. The Kier molecular flexibility index (Phi) is 4.48. The molecule has 96 valence electrons. The summed E-state index contributed by atoms with van der Waals surface area (Å²) in [4.78, 5) is 0. The number of hydrogen-bond donors (Lipinski definition) is 4. The van der Waals surface area contributed by atoms with E-state index in [2.05, 4.69) is 10.6 Å². The summed E-state index contributed by atoms with van der Waals surface area (Å²) in [5, 5.41) is 24.3. The fourth-order valence-electron chi connectivity index (χ4n) is 1.24. The van der Waals surface area contributed by atoms with Gasteiger partial charge in [-0.2, -0.15) is 5.26 Å². The van der Waals surface area contributed by atoms with Crippen LogP contribution in [0.2, 0.25) is 0 Å². The summed E-state index contributed by atoms with van der Waals surface area (Å²) in [6, 6.07) is 6.99. The Labute approximate surface area is 112 Å². The topological polar surface area (TPSA) is 94.1 Å². The van der Waals surface area contributed by atoms with E-state index >= 15 is 0 Å². The number of thiocarbonyl (C=S) groups is 1. The number of aliphatic hydroxyl groups excluding tert-OH is 1. The second-order valence-corrected chi connectivity index (χ2v) is 4.94. The van der Waals surface area contributed by atoms with Crippen molar-refractivity contribution >= 4 is 28.7 Å². The molecule has 0 amide bonds. The first-order valence-electron chi connectivity index (χ1n) is 5.37. The van der Waals surface area contributed by atoms with Gasteiger partial charge in [0.1, 0.15) is 6.07 Å². The summed E-state index contributed by atoms with van der Waals surface area (Å²) >= 11 is 5.12. The molecule has 1 aromatic rings. The van der Waals surface area contributed by atoms with E-state index in [-0.39, 0.29) is 6.61 Å². The van der Waals surface area contributed by atoms with Crippen LogP contribution < -0.4 is 16.4 Å². The molecule has 1 aromatic carbocycles. The number of nitrogens with zero attached hydrogens (tertiary/aromatic N) is 1. The number of nitrogen functional groups attached to an aromatic ring is 1. The maximum atomic E-state index is 9.12. The number of nitrogens with two attached hydrogens (primary N) is 1. The molecule has 0 spiro atoms. The zero-order chi connectivity index (χ0) is 13.8. The summed E-state index contributed by atoms with van der Waals surface area (Å²) in [6.45, 7) is 3.61.